The lowest BCUT2D eigenvalue weighted by atomic mass is 9.95. The normalized spacial score (nSPS) is 16.5. The van der Waals surface area contributed by atoms with Gasteiger partial charge in [-0.15, -0.1) is 0 Å². The fourth-order valence-corrected chi connectivity index (χ4v) is 7.83. The van der Waals surface area contributed by atoms with Crippen LogP contribution in [0.25, 0.3) is 22.0 Å². The van der Waals surface area contributed by atoms with Gasteiger partial charge in [0.15, 0.2) is 5.82 Å². The predicted octanol–water partition coefficient (Wildman–Crippen LogP) is 9.05. The number of rotatable bonds is 9. The van der Waals surface area contributed by atoms with Crippen molar-refractivity contribution in [2.75, 3.05) is 37.1 Å². The molecule has 0 N–H and O–H groups in total. The van der Waals surface area contributed by atoms with Crippen LogP contribution < -0.4 is 19.3 Å². The van der Waals surface area contributed by atoms with E-state index in [-0.39, 0.29) is 65.6 Å². The number of piperazine rings is 1. The number of methoxy groups -OCH3 is 2. The summed E-state index contributed by atoms with van der Waals surface area (Å²) in [5.41, 5.74) is 0.181. The third-order valence-corrected chi connectivity index (χ3v) is 10.3. The Morgan fingerprint density at radius 3 is 2.00 bits per heavy atom. The average Bonchev–Trinajstić information content (AvgIpc) is 3.43. The Balaban J connectivity index is 1.30. The zero-order valence-corrected chi connectivity index (χ0v) is 32.3. The van der Waals surface area contributed by atoms with Crippen molar-refractivity contribution in [3.8, 4) is 28.7 Å². The van der Waals surface area contributed by atoms with Crippen molar-refractivity contribution in [1.29, 1.82) is 5.26 Å². The van der Waals surface area contributed by atoms with Crippen molar-refractivity contribution in [3.05, 3.63) is 106 Å². The number of benzene rings is 4. The molecule has 7 rings (SSSR count). The highest BCUT2D eigenvalue weighted by molar-refractivity contribution is 6.31. The number of carbonyl (C=O) groups excluding carboxylic acids is 1. The van der Waals surface area contributed by atoms with E-state index in [4.69, 9.17) is 25.8 Å². The van der Waals surface area contributed by atoms with E-state index >= 15 is 13.2 Å². The van der Waals surface area contributed by atoms with Gasteiger partial charge in [0, 0.05) is 42.2 Å². The number of hydrogen-bond acceptors (Lipinski definition) is 9. The van der Waals surface area contributed by atoms with E-state index in [0.29, 0.717) is 30.0 Å². The molecule has 0 aliphatic carbocycles. The Morgan fingerprint density at radius 1 is 0.911 bits per heavy atom. The fourth-order valence-electron chi connectivity index (χ4n) is 7.62. The van der Waals surface area contributed by atoms with Crippen LogP contribution in [0.3, 0.4) is 0 Å². The molecule has 3 heterocycles. The molecule has 0 saturated carbocycles. The van der Waals surface area contributed by atoms with Crippen LogP contribution in [0.2, 0.25) is 5.02 Å². The van der Waals surface area contributed by atoms with E-state index in [1.807, 2.05) is 53.4 Å². The summed E-state index contributed by atoms with van der Waals surface area (Å²) in [6.07, 6.45) is -0.282. The molecule has 0 radical (unpaired) electrons. The standard InChI is InChI=1S/C42H40ClF3N6O4/c1-42(2,3)56-41(53)52-27-10-11-28(52)23-51(22-27)39-32-18-34(44)36(37(45)38(32)48-40(46)49-39)31-16-26(43)17-35(33(31)19-47)50(20-24-6-12-29(54-4)13-7-24)21-25-8-14-30(55-5)15-9-25/h6-9,12-18,27-28H,10-11,20-23H2,1-5H3/t27-,28+. The molecular weight excluding hydrogens is 745 g/mol. The summed E-state index contributed by atoms with van der Waals surface area (Å²) < 4.78 is 65.0. The molecule has 1 amide bonds. The molecule has 2 atom stereocenters. The van der Waals surface area contributed by atoms with Gasteiger partial charge in [0.2, 0.25) is 0 Å². The van der Waals surface area contributed by atoms with Crippen LogP contribution in [0, 0.1) is 29.0 Å². The molecule has 290 valence electrons. The maximum Gasteiger partial charge on any atom is 0.410 e. The SMILES string of the molecule is COc1ccc(CN(Cc2ccc(OC)cc2)c2cc(Cl)cc(-c3c(F)cc4c(N5C[C@H]6CC[C@@H](C5)N6C(=O)OC(C)(C)C)nc(F)nc4c3F)c2C#N)cc1. The second-order valence-electron chi connectivity index (χ2n) is 14.9. The smallest absolute Gasteiger partial charge is 0.410 e. The van der Waals surface area contributed by atoms with Gasteiger partial charge in [-0.25, -0.2) is 13.6 Å². The van der Waals surface area contributed by atoms with Crippen LogP contribution in [0.1, 0.15) is 50.3 Å². The summed E-state index contributed by atoms with van der Waals surface area (Å²) in [5, 5.41) is 10.7. The summed E-state index contributed by atoms with van der Waals surface area (Å²) in [6, 6.07) is 20.4. The van der Waals surface area contributed by atoms with Gasteiger partial charge in [-0.05, 0) is 87.2 Å². The highest BCUT2D eigenvalue weighted by atomic mass is 35.5. The van der Waals surface area contributed by atoms with Crippen LogP contribution in [-0.2, 0) is 17.8 Å². The minimum absolute atomic E-state index is 0.00929. The number of aromatic nitrogens is 2. The van der Waals surface area contributed by atoms with E-state index in [2.05, 4.69) is 16.0 Å². The van der Waals surface area contributed by atoms with Crippen LogP contribution in [-0.4, -0.2) is 66.0 Å². The molecule has 4 aromatic carbocycles. The molecule has 14 heteroatoms. The van der Waals surface area contributed by atoms with Gasteiger partial charge in [0.1, 0.15) is 40.3 Å². The molecule has 56 heavy (non-hydrogen) atoms. The zero-order chi connectivity index (χ0) is 39.9. The first-order chi connectivity index (χ1) is 26.8. The Labute approximate surface area is 328 Å². The molecule has 1 aromatic heterocycles. The molecule has 2 aliphatic heterocycles. The minimum Gasteiger partial charge on any atom is -0.497 e. The number of nitrogens with zero attached hydrogens (tertiary/aromatic N) is 6. The Morgan fingerprint density at radius 2 is 1.48 bits per heavy atom. The predicted molar refractivity (Wildman–Crippen MR) is 208 cm³/mol. The maximum atomic E-state index is 16.9. The Hall–Kier alpha value is -5.74. The second-order valence-corrected chi connectivity index (χ2v) is 15.4. The number of amides is 1. The van der Waals surface area contributed by atoms with Crippen LogP contribution in [0.15, 0.2) is 66.7 Å². The van der Waals surface area contributed by atoms with Crippen LogP contribution >= 0.6 is 11.6 Å². The number of halogens is 4. The average molecular weight is 785 g/mol. The van der Waals surface area contributed by atoms with Crippen LogP contribution in [0.5, 0.6) is 11.5 Å². The molecule has 10 nitrogen and oxygen atoms in total. The third-order valence-electron chi connectivity index (χ3n) is 10.1. The highest BCUT2D eigenvalue weighted by Gasteiger charge is 2.45. The van der Waals surface area contributed by atoms with E-state index < -0.39 is 40.5 Å². The molecular formula is C42H40ClF3N6O4. The lowest BCUT2D eigenvalue weighted by molar-refractivity contribution is 0.0122. The zero-order valence-electron chi connectivity index (χ0n) is 31.6. The third kappa shape index (κ3) is 7.71. The van der Waals surface area contributed by atoms with E-state index in [9.17, 15) is 10.1 Å². The first-order valence-electron chi connectivity index (χ1n) is 18.1. The number of hydrogen-bond donors (Lipinski definition) is 0. The lowest BCUT2D eigenvalue weighted by Crippen LogP contribution is -2.57. The molecule has 0 unspecified atom stereocenters. The topological polar surface area (TPSA) is 104 Å². The molecule has 2 aliphatic rings. The summed E-state index contributed by atoms with van der Waals surface area (Å²) in [5.74, 6) is -0.837. The minimum atomic E-state index is -1.21. The quantitative estimate of drug-likeness (QED) is 0.136. The maximum absolute atomic E-state index is 16.9. The van der Waals surface area contributed by atoms with Crippen molar-refractivity contribution in [1.82, 2.24) is 14.9 Å². The molecule has 2 saturated heterocycles. The number of anilines is 2. The summed E-state index contributed by atoms with van der Waals surface area (Å²) in [7, 11) is 3.14. The summed E-state index contributed by atoms with van der Waals surface area (Å²) in [6.45, 7) is 6.46. The monoisotopic (exact) mass is 784 g/mol. The van der Waals surface area contributed by atoms with Gasteiger partial charge in [0.25, 0.3) is 0 Å². The van der Waals surface area contributed by atoms with Gasteiger partial charge < -0.3 is 24.0 Å². The number of ether oxygens (including phenoxy) is 3. The van der Waals surface area contributed by atoms with Crippen molar-refractivity contribution < 1.29 is 32.2 Å². The molecule has 5 aromatic rings. The fraction of sp³-hybridized carbons (Fsp3) is 0.333. The van der Waals surface area contributed by atoms with Gasteiger partial charge in [-0.3, -0.25) is 4.90 Å². The second kappa shape index (κ2) is 15.4. The van der Waals surface area contributed by atoms with Crippen molar-refractivity contribution in [3.63, 3.8) is 0 Å². The van der Waals surface area contributed by atoms with Crippen molar-refractivity contribution >= 4 is 40.1 Å². The van der Waals surface area contributed by atoms with Crippen molar-refractivity contribution in [2.45, 2.75) is 64.4 Å². The molecule has 0 spiro atoms. The van der Waals surface area contributed by atoms with E-state index in [1.165, 1.54) is 6.07 Å². The molecule has 2 bridgehead atoms. The number of nitriles is 1. The van der Waals surface area contributed by atoms with Gasteiger partial charge in [0.05, 0.1) is 43.1 Å². The summed E-state index contributed by atoms with van der Waals surface area (Å²) in [4.78, 5) is 26.2. The van der Waals surface area contributed by atoms with Gasteiger partial charge in [-0.1, -0.05) is 35.9 Å². The highest BCUT2D eigenvalue weighted by Crippen LogP contribution is 2.42. The molecule has 2 fully saturated rings. The van der Waals surface area contributed by atoms with Crippen LogP contribution in [0.4, 0.5) is 29.5 Å². The number of carbonyl (C=O) groups is 1. The Bertz CT molecular complexity index is 2270. The number of fused-ring (bicyclic) bond motifs is 3. The van der Waals surface area contributed by atoms with Crippen molar-refractivity contribution in [2.24, 2.45) is 0 Å². The van der Waals surface area contributed by atoms with E-state index in [0.717, 1.165) is 17.2 Å². The summed E-state index contributed by atoms with van der Waals surface area (Å²) >= 11 is 6.69. The first-order valence-corrected chi connectivity index (χ1v) is 18.5. The lowest BCUT2D eigenvalue weighted by Gasteiger charge is -2.42. The first kappa shape index (κ1) is 38.5. The largest absolute Gasteiger partial charge is 0.497 e. The van der Waals surface area contributed by atoms with Gasteiger partial charge >= 0.3 is 12.2 Å². The Kier molecular flexibility index (Phi) is 10.6. The van der Waals surface area contributed by atoms with Gasteiger partial charge in [-0.2, -0.15) is 19.6 Å². The van der Waals surface area contributed by atoms with E-state index in [1.54, 1.807) is 50.9 Å².